The summed E-state index contributed by atoms with van der Waals surface area (Å²) in [4.78, 5) is 26.7. The monoisotopic (exact) mass is 439 g/mol. The Morgan fingerprint density at radius 3 is 1.33 bits per heavy atom. The van der Waals surface area contributed by atoms with Crippen LogP contribution in [0.5, 0.6) is 0 Å². The molecule has 0 aliphatic carbocycles. The highest BCUT2D eigenvalue weighted by molar-refractivity contribution is 6.12. The van der Waals surface area contributed by atoms with Crippen LogP contribution >= 0.6 is 0 Å². The molecule has 0 unspecified atom stereocenters. The van der Waals surface area contributed by atoms with E-state index in [2.05, 4.69) is 0 Å². The van der Waals surface area contributed by atoms with Crippen LogP contribution < -0.4 is 0 Å². The molecular weight excluding hydrogens is 414 g/mol. The highest BCUT2D eigenvalue weighted by Gasteiger charge is 2.34. The summed E-state index contributed by atoms with van der Waals surface area (Å²) in [5, 5.41) is 0. The third-order valence-corrected chi connectivity index (χ3v) is 5.24. The van der Waals surface area contributed by atoms with Crippen LogP contribution in [0.4, 0.5) is 0 Å². The Balaban J connectivity index is 2.21. The van der Waals surface area contributed by atoms with Crippen LogP contribution in [-0.4, -0.2) is 29.7 Å². The van der Waals surface area contributed by atoms with Gasteiger partial charge in [0.1, 0.15) is 11.1 Å². The first kappa shape index (κ1) is 22.1. The molecule has 1 aromatic heterocycles. The highest BCUT2D eigenvalue weighted by atomic mass is 16.5. The van der Waals surface area contributed by atoms with Gasteiger partial charge in [0, 0.05) is 5.69 Å². The molecule has 0 atom stereocenters. The molecule has 5 nitrogen and oxygen atoms in total. The van der Waals surface area contributed by atoms with Crippen LogP contribution in [0.15, 0.2) is 91.0 Å². The number of carbonyl (C=O) groups excluding carboxylic acids is 2. The average Bonchev–Trinajstić information content (AvgIpc) is 3.22. The molecular formula is C28H25NO4. The summed E-state index contributed by atoms with van der Waals surface area (Å²) < 4.78 is 12.8. The maximum atomic E-state index is 13.4. The smallest absolute Gasteiger partial charge is 0.341 e. The van der Waals surface area contributed by atoms with Crippen molar-refractivity contribution >= 4 is 11.9 Å². The quantitative estimate of drug-likeness (QED) is 0.323. The maximum Gasteiger partial charge on any atom is 0.341 e. The fraction of sp³-hybridized carbons (Fsp3) is 0.143. The number of benzene rings is 3. The van der Waals surface area contributed by atoms with Gasteiger partial charge in [-0.2, -0.15) is 0 Å². The van der Waals surface area contributed by atoms with E-state index in [-0.39, 0.29) is 24.3 Å². The predicted octanol–water partition coefficient (Wildman–Crippen LogP) is 6.16. The van der Waals surface area contributed by atoms with Crippen molar-refractivity contribution in [2.24, 2.45) is 0 Å². The molecule has 0 saturated carbocycles. The Kier molecular flexibility index (Phi) is 6.69. The second-order valence-electron chi connectivity index (χ2n) is 7.29. The van der Waals surface area contributed by atoms with Crippen molar-refractivity contribution < 1.29 is 19.1 Å². The second-order valence-corrected chi connectivity index (χ2v) is 7.29. The van der Waals surface area contributed by atoms with E-state index in [1.165, 1.54) is 0 Å². The van der Waals surface area contributed by atoms with Gasteiger partial charge in [0.15, 0.2) is 0 Å². The summed E-state index contributed by atoms with van der Waals surface area (Å²) >= 11 is 0. The molecule has 4 aromatic rings. The standard InChI is InChI=1S/C28H25NO4/c1-3-32-27(30)23-24(28(31)33-4-2)26(21-16-10-6-11-17-21)29(22-18-12-7-13-19-22)25(23)20-14-8-5-9-15-20/h5-19H,3-4H2,1-2H3. The maximum absolute atomic E-state index is 13.4. The topological polar surface area (TPSA) is 57.5 Å². The molecule has 166 valence electrons. The van der Waals surface area contributed by atoms with Crippen molar-refractivity contribution in [3.8, 4) is 28.2 Å². The molecule has 0 saturated heterocycles. The Morgan fingerprint density at radius 2 is 0.970 bits per heavy atom. The minimum atomic E-state index is -0.564. The Morgan fingerprint density at radius 1 is 0.606 bits per heavy atom. The number of carbonyl (C=O) groups is 2. The van der Waals surface area contributed by atoms with Gasteiger partial charge in [-0.3, -0.25) is 0 Å². The molecule has 0 amide bonds. The Bertz CT molecular complexity index is 1170. The number of para-hydroxylation sites is 1. The van der Waals surface area contributed by atoms with Gasteiger partial charge in [-0.05, 0) is 37.1 Å². The number of rotatable bonds is 7. The first-order valence-corrected chi connectivity index (χ1v) is 11.0. The summed E-state index contributed by atoms with van der Waals surface area (Å²) in [6.45, 7) is 3.87. The molecule has 33 heavy (non-hydrogen) atoms. The average molecular weight is 440 g/mol. The molecule has 0 aliphatic heterocycles. The lowest BCUT2D eigenvalue weighted by Crippen LogP contribution is -2.13. The van der Waals surface area contributed by atoms with E-state index in [0.717, 1.165) is 16.8 Å². The van der Waals surface area contributed by atoms with Gasteiger partial charge in [-0.25, -0.2) is 9.59 Å². The van der Waals surface area contributed by atoms with E-state index in [0.29, 0.717) is 11.4 Å². The van der Waals surface area contributed by atoms with Crippen LogP contribution in [0.25, 0.3) is 28.2 Å². The lowest BCUT2D eigenvalue weighted by Gasteiger charge is -2.15. The number of hydrogen-bond acceptors (Lipinski definition) is 4. The molecule has 0 bridgehead atoms. The zero-order valence-corrected chi connectivity index (χ0v) is 18.7. The van der Waals surface area contributed by atoms with E-state index in [1.54, 1.807) is 13.8 Å². The van der Waals surface area contributed by atoms with Crippen molar-refractivity contribution in [3.63, 3.8) is 0 Å². The second kappa shape index (κ2) is 10.0. The molecule has 0 radical (unpaired) electrons. The van der Waals surface area contributed by atoms with Crippen LogP contribution in [0.2, 0.25) is 0 Å². The van der Waals surface area contributed by atoms with Crippen LogP contribution in [0.1, 0.15) is 34.6 Å². The predicted molar refractivity (Wildman–Crippen MR) is 129 cm³/mol. The number of esters is 2. The van der Waals surface area contributed by atoms with Gasteiger partial charge in [0.05, 0.1) is 24.6 Å². The van der Waals surface area contributed by atoms with Crippen LogP contribution in [0.3, 0.4) is 0 Å². The molecule has 0 N–H and O–H groups in total. The SMILES string of the molecule is CCOC(=O)c1c(C(=O)OCC)c(-c2ccccc2)n(-c2ccccc2)c1-c1ccccc1. The zero-order chi connectivity index (χ0) is 23.2. The van der Waals surface area contributed by atoms with Crippen molar-refractivity contribution in [2.75, 3.05) is 13.2 Å². The fourth-order valence-electron chi connectivity index (χ4n) is 3.95. The number of hydrogen-bond donors (Lipinski definition) is 0. The van der Waals surface area contributed by atoms with Gasteiger partial charge >= 0.3 is 11.9 Å². The van der Waals surface area contributed by atoms with E-state index in [4.69, 9.17) is 9.47 Å². The minimum Gasteiger partial charge on any atom is -0.462 e. The van der Waals surface area contributed by atoms with Gasteiger partial charge in [-0.15, -0.1) is 0 Å². The Labute approximate surface area is 193 Å². The molecule has 5 heteroatoms. The van der Waals surface area contributed by atoms with E-state index in [1.807, 2.05) is 95.6 Å². The molecule has 0 fully saturated rings. The number of aromatic nitrogens is 1. The summed E-state index contributed by atoms with van der Waals surface area (Å²) in [6, 6.07) is 28.8. The van der Waals surface area contributed by atoms with Crippen molar-refractivity contribution in [3.05, 3.63) is 102 Å². The number of nitrogens with zero attached hydrogens (tertiary/aromatic N) is 1. The molecule has 1 heterocycles. The highest BCUT2D eigenvalue weighted by Crippen LogP contribution is 2.40. The van der Waals surface area contributed by atoms with Crippen molar-refractivity contribution in [1.82, 2.24) is 4.57 Å². The lowest BCUT2D eigenvalue weighted by atomic mass is 10.0. The Hall–Kier alpha value is -4.12. The van der Waals surface area contributed by atoms with E-state index < -0.39 is 11.9 Å². The summed E-state index contributed by atoms with van der Waals surface area (Å²) in [5.74, 6) is -1.13. The largest absolute Gasteiger partial charge is 0.462 e. The normalized spacial score (nSPS) is 10.6. The zero-order valence-electron chi connectivity index (χ0n) is 18.7. The van der Waals surface area contributed by atoms with Crippen molar-refractivity contribution in [2.45, 2.75) is 13.8 Å². The van der Waals surface area contributed by atoms with Crippen LogP contribution in [-0.2, 0) is 9.47 Å². The summed E-state index contributed by atoms with van der Waals surface area (Å²) in [5.41, 5.74) is 3.96. The third kappa shape index (κ3) is 4.30. The molecule has 0 aliphatic rings. The van der Waals surface area contributed by atoms with Gasteiger partial charge in [0.25, 0.3) is 0 Å². The molecule has 0 spiro atoms. The first-order chi connectivity index (χ1) is 16.2. The van der Waals surface area contributed by atoms with E-state index >= 15 is 0 Å². The van der Waals surface area contributed by atoms with Crippen LogP contribution in [0, 0.1) is 0 Å². The van der Waals surface area contributed by atoms with Gasteiger partial charge in [0.2, 0.25) is 0 Å². The minimum absolute atomic E-state index is 0.187. The molecule has 4 rings (SSSR count). The first-order valence-electron chi connectivity index (χ1n) is 11.0. The lowest BCUT2D eigenvalue weighted by molar-refractivity contribution is 0.0481. The van der Waals surface area contributed by atoms with Gasteiger partial charge in [-0.1, -0.05) is 78.9 Å². The van der Waals surface area contributed by atoms with Gasteiger partial charge < -0.3 is 14.0 Å². The van der Waals surface area contributed by atoms with E-state index in [9.17, 15) is 9.59 Å². The number of ether oxygens (including phenoxy) is 2. The summed E-state index contributed by atoms with van der Waals surface area (Å²) in [6.07, 6.45) is 0. The summed E-state index contributed by atoms with van der Waals surface area (Å²) in [7, 11) is 0. The fourth-order valence-corrected chi connectivity index (χ4v) is 3.95. The third-order valence-electron chi connectivity index (χ3n) is 5.24. The molecule has 3 aromatic carbocycles. The van der Waals surface area contributed by atoms with Crippen molar-refractivity contribution in [1.29, 1.82) is 0 Å².